The highest BCUT2D eigenvalue weighted by atomic mass is 16.7. The van der Waals surface area contributed by atoms with Crippen molar-refractivity contribution in [2.24, 2.45) is 0 Å². The van der Waals surface area contributed by atoms with Crippen LogP contribution in [0.5, 0.6) is 0 Å². The number of nitrogens with one attached hydrogen (secondary N) is 2. The third-order valence-electron chi connectivity index (χ3n) is 1.36. The van der Waals surface area contributed by atoms with Crippen LogP contribution in [0.1, 0.15) is 6.92 Å². The van der Waals surface area contributed by atoms with Crippen LogP contribution in [0.2, 0.25) is 0 Å². The van der Waals surface area contributed by atoms with E-state index in [1.165, 1.54) is 0 Å². The number of hydrogen-bond donors (Lipinski definition) is 2. The van der Waals surface area contributed by atoms with Gasteiger partial charge in [0.25, 0.3) is 0 Å². The molecule has 0 atom stereocenters. The van der Waals surface area contributed by atoms with E-state index >= 15 is 0 Å². The average Bonchev–Trinajstić information content (AvgIpc) is 2.17. The number of anilines is 1. The van der Waals surface area contributed by atoms with Crippen LogP contribution in [0.3, 0.4) is 0 Å². The third-order valence-corrected chi connectivity index (χ3v) is 1.36. The molecular formula is C9H12N2O2. The molecule has 0 aliphatic rings. The first-order valence-corrected chi connectivity index (χ1v) is 4.08. The van der Waals surface area contributed by atoms with Crippen molar-refractivity contribution in [3.63, 3.8) is 0 Å². The van der Waals surface area contributed by atoms with Crippen LogP contribution in [0.15, 0.2) is 30.3 Å². The molecule has 0 spiro atoms. The summed E-state index contributed by atoms with van der Waals surface area (Å²) in [6, 6.07) is 9.20. The largest absolute Gasteiger partial charge is 0.431 e. The lowest BCUT2D eigenvalue weighted by atomic mass is 10.3. The molecule has 1 rings (SSSR count). The second-order valence-electron chi connectivity index (χ2n) is 2.39. The Labute approximate surface area is 76.9 Å². The molecule has 0 radical (unpaired) electrons. The molecule has 0 fully saturated rings. The first-order valence-electron chi connectivity index (χ1n) is 4.08. The number of carbonyl (C=O) groups is 1. The Morgan fingerprint density at radius 1 is 1.38 bits per heavy atom. The standard InChI is InChI=1S/C9H12N2O2/c1-2-10-9(12)13-11-8-6-4-3-5-7-8/h3-7,11H,2H2,1H3,(H,10,12). The molecule has 13 heavy (non-hydrogen) atoms. The molecule has 4 nitrogen and oxygen atoms in total. The Morgan fingerprint density at radius 3 is 2.69 bits per heavy atom. The molecule has 2 N–H and O–H groups in total. The van der Waals surface area contributed by atoms with E-state index in [9.17, 15) is 4.79 Å². The Balaban J connectivity index is 2.31. The van der Waals surface area contributed by atoms with E-state index in [1.807, 2.05) is 25.1 Å². The average molecular weight is 180 g/mol. The van der Waals surface area contributed by atoms with Gasteiger partial charge in [-0.3, -0.25) is 0 Å². The van der Waals surface area contributed by atoms with Crippen molar-refractivity contribution in [1.29, 1.82) is 0 Å². The van der Waals surface area contributed by atoms with Crippen molar-refractivity contribution in [2.75, 3.05) is 12.0 Å². The van der Waals surface area contributed by atoms with Gasteiger partial charge in [-0.1, -0.05) is 18.2 Å². The smallest absolute Gasteiger partial charge is 0.324 e. The van der Waals surface area contributed by atoms with Crippen molar-refractivity contribution in [2.45, 2.75) is 6.92 Å². The van der Waals surface area contributed by atoms with Gasteiger partial charge in [0.1, 0.15) is 0 Å². The number of benzene rings is 1. The van der Waals surface area contributed by atoms with Gasteiger partial charge in [-0.15, -0.1) is 0 Å². The molecule has 0 aliphatic carbocycles. The molecule has 1 aromatic rings. The van der Waals surface area contributed by atoms with E-state index in [1.54, 1.807) is 12.1 Å². The van der Waals surface area contributed by atoms with E-state index in [2.05, 4.69) is 15.6 Å². The maximum Gasteiger partial charge on any atom is 0.431 e. The Kier molecular flexibility index (Phi) is 3.63. The maximum atomic E-state index is 10.8. The molecule has 0 bridgehead atoms. The maximum absolute atomic E-state index is 10.8. The van der Waals surface area contributed by atoms with Crippen LogP contribution in [0, 0.1) is 0 Å². The van der Waals surface area contributed by atoms with Crippen LogP contribution in [0.4, 0.5) is 10.5 Å². The summed E-state index contributed by atoms with van der Waals surface area (Å²) >= 11 is 0. The highest BCUT2D eigenvalue weighted by molar-refractivity contribution is 5.68. The summed E-state index contributed by atoms with van der Waals surface area (Å²) in [5.74, 6) is 0. The van der Waals surface area contributed by atoms with Crippen molar-refractivity contribution < 1.29 is 9.63 Å². The summed E-state index contributed by atoms with van der Waals surface area (Å²) in [5.41, 5.74) is 3.26. The van der Waals surface area contributed by atoms with Crippen LogP contribution in [0.25, 0.3) is 0 Å². The zero-order valence-electron chi connectivity index (χ0n) is 7.41. The lowest BCUT2D eigenvalue weighted by Crippen LogP contribution is -2.25. The third kappa shape index (κ3) is 3.46. The minimum atomic E-state index is -0.480. The van der Waals surface area contributed by atoms with Gasteiger partial charge in [0.2, 0.25) is 0 Å². The molecule has 0 heterocycles. The van der Waals surface area contributed by atoms with E-state index in [-0.39, 0.29) is 0 Å². The fraction of sp³-hybridized carbons (Fsp3) is 0.222. The molecule has 0 unspecified atom stereocenters. The van der Waals surface area contributed by atoms with Crippen LogP contribution in [-0.4, -0.2) is 12.6 Å². The molecule has 0 aromatic heterocycles. The van der Waals surface area contributed by atoms with Crippen molar-refractivity contribution in [3.8, 4) is 0 Å². The molecule has 4 heteroatoms. The molecule has 1 aromatic carbocycles. The Hall–Kier alpha value is -1.71. The normalized spacial score (nSPS) is 9.00. The summed E-state index contributed by atoms with van der Waals surface area (Å²) in [7, 11) is 0. The fourth-order valence-electron chi connectivity index (χ4n) is 0.792. The van der Waals surface area contributed by atoms with Crippen molar-refractivity contribution in [3.05, 3.63) is 30.3 Å². The predicted molar refractivity (Wildman–Crippen MR) is 50.2 cm³/mol. The van der Waals surface area contributed by atoms with E-state index in [0.717, 1.165) is 5.69 Å². The molecule has 70 valence electrons. The van der Waals surface area contributed by atoms with E-state index < -0.39 is 6.09 Å². The van der Waals surface area contributed by atoms with Crippen LogP contribution >= 0.6 is 0 Å². The highest BCUT2D eigenvalue weighted by Gasteiger charge is 1.98. The number of rotatable bonds is 3. The first-order chi connectivity index (χ1) is 6.33. The lowest BCUT2D eigenvalue weighted by Gasteiger charge is -2.05. The zero-order valence-corrected chi connectivity index (χ0v) is 7.41. The number of hydrogen-bond acceptors (Lipinski definition) is 3. The van der Waals surface area contributed by atoms with Gasteiger partial charge in [-0.05, 0) is 19.1 Å². The van der Waals surface area contributed by atoms with E-state index in [4.69, 9.17) is 0 Å². The number of para-hydroxylation sites is 1. The molecule has 0 saturated carbocycles. The quantitative estimate of drug-likeness (QED) is 0.697. The van der Waals surface area contributed by atoms with E-state index in [0.29, 0.717) is 6.54 Å². The molecule has 1 amide bonds. The summed E-state index contributed by atoms with van der Waals surface area (Å²) in [6.07, 6.45) is -0.480. The second kappa shape index (κ2) is 5.03. The van der Waals surface area contributed by atoms with Gasteiger partial charge in [-0.2, -0.15) is 0 Å². The SMILES string of the molecule is CCNC(=O)ONc1ccccc1. The molecular weight excluding hydrogens is 168 g/mol. The molecule has 0 aliphatic heterocycles. The summed E-state index contributed by atoms with van der Waals surface area (Å²) in [5, 5.41) is 2.49. The van der Waals surface area contributed by atoms with Crippen LogP contribution in [-0.2, 0) is 4.84 Å². The Morgan fingerprint density at radius 2 is 2.08 bits per heavy atom. The first kappa shape index (κ1) is 9.38. The Bertz CT molecular complexity index is 262. The van der Waals surface area contributed by atoms with Gasteiger partial charge in [0.15, 0.2) is 0 Å². The van der Waals surface area contributed by atoms with Gasteiger partial charge >= 0.3 is 6.09 Å². The monoisotopic (exact) mass is 180 g/mol. The predicted octanol–water partition coefficient (Wildman–Crippen LogP) is 1.76. The highest BCUT2D eigenvalue weighted by Crippen LogP contribution is 2.04. The zero-order chi connectivity index (χ0) is 9.52. The second-order valence-corrected chi connectivity index (χ2v) is 2.39. The minimum Gasteiger partial charge on any atom is -0.324 e. The van der Waals surface area contributed by atoms with Crippen molar-refractivity contribution in [1.82, 2.24) is 5.32 Å². The van der Waals surface area contributed by atoms with Crippen molar-refractivity contribution >= 4 is 11.8 Å². The van der Waals surface area contributed by atoms with Gasteiger partial charge in [0.05, 0.1) is 5.69 Å². The minimum absolute atomic E-state index is 0.480. The lowest BCUT2D eigenvalue weighted by molar-refractivity contribution is 0.170. The van der Waals surface area contributed by atoms with Gasteiger partial charge in [0, 0.05) is 6.54 Å². The summed E-state index contributed by atoms with van der Waals surface area (Å²) in [4.78, 5) is 15.5. The topological polar surface area (TPSA) is 50.4 Å². The molecule has 0 saturated heterocycles. The number of amides is 1. The number of carbonyl (C=O) groups excluding carboxylic acids is 1. The summed E-state index contributed by atoms with van der Waals surface area (Å²) < 4.78 is 0. The summed E-state index contributed by atoms with van der Waals surface area (Å²) in [6.45, 7) is 2.37. The van der Waals surface area contributed by atoms with Gasteiger partial charge in [-0.25, -0.2) is 10.3 Å². The van der Waals surface area contributed by atoms with Gasteiger partial charge < -0.3 is 10.2 Å². The van der Waals surface area contributed by atoms with Crippen LogP contribution < -0.4 is 10.8 Å². The fourth-order valence-corrected chi connectivity index (χ4v) is 0.792.